The molecule has 0 aromatic carbocycles. The van der Waals surface area contributed by atoms with Crippen molar-refractivity contribution >= 4 is 0 Å². The Hall–Kier alpha value is -0.910. The smallest absolute Gasteiger partial charge is 0.0701 e. The van der Waals surface area contributed by atoms with Gasteiger partial charge in [-0.25, -0.2) is 0 Å². The van der Waals surface area contributed by atoms with E-state index in [-0.39, 0.29) is 0 Å². The van der Waals surface area contributed by atoms with E-state index in [2.05, 4.69) is 29.2 Å². The Balaban J connectivity index is 1.81. The van der Waals surface area contributed by atoms with Crippen molar-refractivity contribution in [3.05, 3.63) is 18.0 Å². The number of nitrogens with one attached hydrogen (secondary N) is 1. The first-order chi connectivity index (χ1) is 10.3. The lowest BCUT2D eigenvalue weighted by molar-refractivity contribution is 0.0588. The van der Waals surface area contributed by atoms with Crippen molar-refractivity contribution in [3.63, 3.8) is 0 Å². The number of methoxy groups -OCH3 is 1. The molecule has 1 fully saturated rings. The first-order valence-electron chi connectivity index (χ1n) is 8.17. The van der Waals surface area contributed by atoms with Crippen molar-refractivity contribution in [2.75, 3.05) is 33.5 Å². The van der Waals surface area contributed by atoms with Crippen molar-refractivity contribution in [3.8, 4) is 0 Å². The molecule has 5 heteroatoms. The number of aromatic nitrogens is 2. The van der Waals surface area contributed by atoms with Gasteiger partial charge in [0.2, 0.25) is 0 Å². The van der Waals surface area contributed by atoms with Crippen LogP contribution >= 0.6 is 0 Å². The number of ether oxygens (including phenoxy) is 2. The summed E-state index contributed by atoms with van der Waals surface area (Å²) in [6, 6.07) is 3.09. The van der Waals surface area contributed by atoms with E-state index >= 15 is 0 Å². The van der Waals surface area contributed by atoms with E-state index in [9.17, 15) is 0 Å². The average molecular weight is 295 g/mol. The van der Waals surface area contributed by atoms with E-state index in [0.29, 0.717) is 31.9 Å². The highest BCUT2D eigenvalue weighted by Gasteiger charge is 2.18. The molecule has 0 bridgehead atoms. The fourth-order valence-corrected chi connectivity index (χ4v) is 2.96. The van der Waals surface area contributed by atoms with E-state index in [4.69, 9.17) is 14.6 Å². The Morgan fingerprint density at radius 3 is 2.90 bits per heavy atom. The van der Waals surface area contributed by atoms with E-state index in [1.807, 2.05) is 0 Å². The predicted molar refractivity (Wildman–Crippen MR) is 83.6 cm³/mol. The zero-order valence-electron chi connectivity index (χ0n) is 13.4. The van der Waals surface area contributed by atoms with Gasteiger partial charge in [0.15, 0.2) is 0 Å². The van der Waals surface area contributed by atoms with Gasteiger partial charge in [-0.1, -0.05) is 19.8 Å². The molecule has 1 heterocycles. The number of hydrogen-bond donors (Lipinski definition) is 1. The molecule has 1 saturated carbocycles. The maximum atomic E-state index is 5.65. The molecule has 1 aromatic heterocycles. The van der Waals surface area contributed by atoms with Crippen LogP contribution in [0.3, 0.4) is 0 Å². The second-order valence-corrected chi connectivity index (χ2v) is 5.75. The van der Waals surface area contributed by atoms with Crippen LogP contribution in [0.2, 0.25) is 0 Å². The van der Waals surface area contributed by atoms with Gasteiger partial charge in [0.25, 0.3) is 0 Å². The SMILES string of the molecule is CCNC(COCCOC)Cc1ccn(C2CCCC2)n1. The average Bonchev–Trinajstić information content (AvgIpc) is 3.14. The molecule has 0 saturated heterocycles. The minimum Gasteiger partial charge on any atom is -0.382 e. The normalized spacial score (nSPS) is 17.4. The lowest BCUT2D eigenvalue weighted by atomic mass is 10.1. The van der Waals surface area contributed by atoms with Crippen LogP contribution in [0.5, 0.6) is 0 Å². The third-order valence-electron chi connectivity index (χ3n) is 4.06. The van der Waals surface area contributed by atoms with E-state index in [1.165, 1.54) is 25.7 Å². The molecular formula is C16H29N3O2. The predicted octanol–water partition coefficient (Wildman–Crippen LogP) is 2.18. The van der Waals surface area contributed by atoms with Gasteiger partial charge in [0.05, 0.1) is 31.6 Å². The molecule has 0 aliphatic heterocycles. The van der Waals surface area contributed by atoms with Crippen LogP contribution in [0.15, 0.2) is 12.3 Å². The van der Waals surface area contributed by atoms with Crippen LogP contribution in [0.4, 0.5) is 0 Å². The van der Waals surface area contributed by atoms with Gasteiger partial charge in [0.1, 0.15) is 0 Å². The maximum Gasteiger partial charge on any atom is 0.0701 e. The first-order valence-corrected chi connectivity index (χ1v) is 8.17. The highest BCUT2D eigenvalue weighted by molar-refractivity contribution is 5.02. The highest BCUT2D eigenvalue weighted by atomic mass is 16.5. The molecule has 1 aliphatic rings. The monoisotopic (exact) mass is 295 g/mol. The van der Waals surface area contributed by atoms with Crippen LogP contribution in [0.25, 0.3) is 0 Å². The molecular weight excluding hydrogens is 266 g/mol. The van der Waals surface area contributed by atoms with Crippen molar-refractivity contribution in [1.29, 1.82) is 0 Å². The number of rotatable bonds is 10. The Bertz CT molecular complexity index is 389. The molecule has 120 valence electrons. The van der Waals surface area contributed by atoms with Gasteiger partial charge in [-0.2, -0.15) is 5.10 Å². The van der Waals surface area contributed by atoms with Crippen molar-refractivity contribution < 1.29 is 9.47 Å². The molecule has 0 radical (unpaired) electrons. The Morgan fingerprint density at radius 2 is 2.19 bits per heavy atom. The molecule has 1 atom stereocenters. The van der Waals surface area contributed by atoms with Crippen LogP contribution < -0.4 is 5.32 Å². The molecule has 1 N–H and O–H groups in total. The summed E-state index contributed by atoms with van der Waals surface area (Å²) >= 11 is 0. The van der Waals surface area contributed by atoms with Gasteiger partial charge in [-0.3, -0.25) is 4.68 Å². The summed E-state index contributed by atoms with van der Waals surface area (Å²) in [5, 5.41) is 8.23. The van der Waals surface area contributed by atoms with Crippen LogP contribution in [-0.2, 0) is 15.9 Å². The number of nitrogens with zero attached hydrogens (tertiary/aromatic N) is 2. The summed E-state index contributed by atoms with van der Waals surface area (Å²) in [6.07, 6.45) is 8.29. The Labute approximate surface area is 128 Å². The number of hydrogen-bond acceptors (Lipinski definition) is 4. The summed E-state index contributed by atoms with van der Waals surface area (Å²) < 4.78 is 12.8. The lowest BCUT2D eigenvalue weighted by Crippen LogP contribution is -2.35. The summed E-state index contributed by atoms with van der Waals surface area (Å²) in [4.78, 5) is 0. The standard InChI is InChI=1S/C16H29N3O2/c1-3-17-15(13-21-11-10-20-2)12-14-8-9-19(18-14)16-6-4-5-7-16/h8-9,15-17H,3-7,10-13H2,1-2H3. The Morgan fingerprint density at radius 1 is 1.38 bits per heavy atom. The highest BCUT2D eigenvalue weighted by Crippen LogP contribution is 2.28. The second-order valence-electron chi connectivity index (χ2n) is 5.75. The second kappa shape index (κ2) is 9.18. The summed E-state index contributed by atoms with van der Waals surface area (Å²) in [6.45, 7) is 5.07. The molecule has 1 aromatic rings. The van der Waals surface area contributed by atoms with Crippen molar-refractivity contribution in [2.45, 2.75) is 51.1 Å². The summed E-state index contributed by atoms with van der Waals surface area (Å²) in [7, 11) is 1.70. The fraction of sp³-hybridized carbons (Fsp3) is 0.812. The zero-order valence-corrected chi connectivity index (χ0v) is 13.4. The molecule has 5 nitrogen and oxygen atoms in total. The van der Waals surface area contributed by atoms with Gasteiger partial charge in [-0.05, 0) is 25.5 Å². The minimum absolute atomic E-state index is 0.318. The van der Waals surface area contributed by atoms with E-state index in [1.54, 1.807) is 7.11 Å². The number of likely N-dealkylation sites (N-methyl/N-ethyl adjacent to an activating group) is 1. The third-order valence-corrected chi connectivity index (χ3v) is 4.06. The maximum absolute atomic E-state index is 5.65. The first kappa shape index (κ1) is 16.5. The van der Waals surface area contributed by atoms with E-state index < -0.39 is 0 Å². The van der Waals surface area contributed by atoms with Gasteiger partial charge >= 0.3 is 0 Å². The lowest BCUT2D eigenvalue weighted by Gasteiger charge is -2.17. The topological polar surface area (TPSA) is 48.3 Å². The van der Waals surface area contributed by atoms with Crippen LogP contribution in [0, 0.1) is 0 Å². The summed E-state index contributed by atoms with van der Waals surface area (Å²) in [5.74, 6) is 0. The van der Waals surface area contributed by atoms with Gasteiger partial charge in [0, 0.05) is 25.8 Å². The van der Waals surface area contributed by atoms with Crippen LogP contribution in [-0.4, -0.2) is 49.3 Å². The molecule has 2 rings (SSSR count). The molecule has 0 spiro atoms. The molecule has 21 heavy (non-hydrogen) atoms. The quantitative estimate of drug-likeness (QED) is 0.672. The molecule has 1 aliphatic carbocycles. The van der Waals surface area contributed by atoms with Gasteiger partial charge in [-0.15, -0.1) is 0 Å². The van der Waals surface area contributed by atoms with Crippen LogP contribution in [0.1, 0.15) is 44.3 Å². The van der Waals surface area contributed by atoms with Crippen molar-refractivity contribution in [2.24, 2.45) is 0 Å². The molecule has 0 amide bonds. The minimum atomic E-state index is 0.318. The van der Waals surface area contributed by atoms with E-state index in [0.717, 1.165) is 18.7 Å². The third kappa shape index (κ3) is 5.41. The van der Waals surface area contributed by atoms with Crippen molar-refractivity contribution in [1.82, 2.24) is 15.1 Å². The largest absolute Gasteiger partial charge is 0.382 e. The van der Waals surface area contributed by atoms with Gasteiger partial charge < -0.3 is 14.8 Å². The molecule has 1 unspecified atom stereocenters. The zero-order chi connectivity index (χ0) is 14.9. The Kier molecular flexibility index (Phi) is 7.19. The fourth-order valence-electron chi connectivity index (χ4n) is 2.96. The summed E-state index contributed by atoms with van der Waals surface area (Å²) in [5.41, 5.74) is 1.16.